The van der Waals surface area contributed by atoms with E-state index in [2.05, 4.69) is 41.8 Å². The summed E-state index contributed by atoms with van der Waals surface area (Å²) in [5.74, 6) is 1.55. The van der Waals surface area contributed by atoms with Crippen LogP contribution in [0.25, 0.3) is 0 Å². The maximum Gasteiger partial charge on any atom is 0.123 e. The van der Waals surface area contributed by atoms with Crippen molar-refractivity contribution in [2.45, 2.75) is 32.7 Å². The van der Waals surface area contributed by atoms with Crippen LogP contribution in [0, 0.1) is 5.41 Å². The molecule has 1 spiro atoms. The standard InChI is InChI=1S/C19H30N2O2/c1-15(2)16-4-5-17(18(10-16)23-3)11-21-13-19(14-21)6-7-20(12-19)8-9-22/h4-5,10,15,22H,6-9,11-14H2,1-3H3. The second-order valence-electron chi connectivity index (χ2n) is 7.62. The first-order valence-corrected chi connectivity index (χ1v) is 8.78. The zero-order valence-corrected chi connectivity index (χ0v) is 14.7. The Bertz CT molecular complexity index is 538. The number of methoxy groups -OCH3 is 1. The molecule has 0 amide bonds. The zero-order chi connectivity index (χ0) is 16.4. The van der Waals surface area contributed by atoms with Crippen molar-refractivity contribution in [2.75, 3.05) is 46.4 Å². The summed E-state index contributed by atoms with van der Waals surface area (Å²) in [7, 11) is 1.77. The van der Waals surface area contributed by atoms with Crippen molar-refractivity contribution in [3.63, 3.8) is 0 Å². The number of benzene rings is 1. The minimum atomic E-state index is 0.277. The zero-order valence-electron chi connectivity index (χ0n) is 14.7. The Morgan fingerprint density at radius 1 is 1.22 bits per heavy atom. The Hall–Kier alpha value is -1.10. The number of hydrogen-bond donors (Lipinski definition) is 1. The molecule has 1 N–H and O–H groups in total. The molecule has 2 saturated heterocycles. The Morgan fingerprint density at radius 2 is 1.96 bits per heavy atom. The molecule has 4 heteroatoms. The van der Waals surface area contributed by atoms with Crippen LogP contribution in [0.4, 0.5) is 0 Å². The molecule has 128 valence electrons. The van der Waals surface area contributed by atoms with Gasteiger partial charge in [0.2, 0.25) is 0 Å². The molecule has 1 aromatic carbocycles. The minimum absolute atomic E-state index is 0.277. The predicted octanol–water partition coefficient (Wildman–Crippen LogP) is 2.32. The first-order valence-electron chi connectivity index (χ1n) is 8.78. The first kappa shape index (κ1) is 16.7. The van der Waals surface area contributed by atoms with Gasteiger partial charge in [0.25, 0.3) is 0 Å². The van der Waals surface area contributed by atoms with Crippen molar-refractivity contribution in [1.82, 2.24) is 9.80 Å². The highest BCUT2D eigenvalue weighted by Gasteiger charge is 2.47. The highest BCUT2D eigenvalue weighted by molar-refractivity contribution is 5.39. The number of aliphatic hydroxyl groups is 1. The van der Waals surface area contributed by atoms with Crippen LogP contribution in [0.2, 0.25) is 0 Å². The van der Waals surface area contributed by atoms with Gasteiger partial charge in [-0.25, -0.2) is 0 Å². The van der Waals surface area contributed by atoms with E-state index in [0.29, 0.717) is 11.3 Å². The number of likely N-dealkylation sites (tertiary alicyclic amines) is 2. The lowest BCUT2D eigenvalue weighted by atomic mass is 9.79. The fourth-order valence-electron chi connectivity index (χ4n) is 4.12. The Balaban J connectivity index is 1.58. The number of ether oxygens (including phenoxy) is 1. The Morgan fingerprint density at radius 3 is 2.61 bits per heavy atom. The monoisotopic (exact) mass is 318 g/mol. The molecule has 3 rings (SSSR count). The lowest BCUT2D eigenvalue weighted by Gasteiger charge is -2.48. The SMILES string of the molecule is COc1cc(C(C)C)ccc1CN1CC2(CCN(CCO)C2)C1. The molecule has 0 radical (unpaired) electrons. The molecule has 0 saturated carbocycles. The minimum Gasteiger partial charge on any atom is -0.496 e. The second-order valence-corrected chi connectivity index (χ2v) is 7.62. The average Bonchev–Trinajstić information content (AvgIpc) is 2.91. The van der Waals surface area contributed by atoms with Crippen molar-refractivity contribution in [3.8, 4) is 5.75 Å². The molecule has 0 atom stereocenters. The number of aliphatic hydroxyl groups excluding tert-OH is 1. The predicted molar refractivity (Wildman–Crippen MR) is 92.9 cm³/mol. The van der Waals surface area contributed by atoms with E-state index in [-0.39, 0.29) is 6.61 Å². The largest absolute Gasteiger partial charge is 0.496 e. The molecule has 0 aliphatic carbocycles. The molecule has 0 unspecified atom stereocenters. The summed E-state index contributed by atoms with van der Waals surface area (Å²) in [6, 6.07) is 6.65. The van der Waals surface area contributed by atoms with Crippen LogP contribution in [0.1, 0.15) is 37.3 Å². The van der Waals surface area contributed by atoms with E-state index < -0.39 is 0 Å². The van der Waals surface area contributed by atoms with Crippen molar-refractivity contribution < 1.29 is 9.84 Å². The van der Waals surface area contributed by atoms with Crippen LogP contribution >= 0.6 is 0 Å². The van der Waals surface area contributed by atoms with Gasteiger partial charge in [-0.2, -0.15) is 0 Å². The van der Waals surface area contributed by atoms with Crippen molar-refractivity contribution in [1.29, 1.82) is 0 Å². The maximum absolute atomic E-state index is 9.09. The van der Waals surface area contributed by atoms with E-state index in [1.807, 2.05) is 0 Å². The van der Waals surface area contributed by atoms with E-state index in [9.17, 15) is 0 Å². The lowest BCUT2D eigenvalue weighted by Crippen LogP contribution is -2.56. The smallest absolute Gasteiger partial charge is 0.123 e. The van der Waals surface area contributed by atoms with Gasteiger partial charge in [0.15, 0.2) is 0 Å². The first-order chi connectivity index (χ1) is 11.0. The van der Waals surface area contributed by atoms with Gasteiger partial charge in [0, 0.05) is 43.7 Å². The van der Waals surface area contributed by atoms with Crippen molar-refractivity contribution in [2.24, 2.45) is 5.41 Å². The van der Waals surface area contributed by atoms with Crippen molar-refractivity contribution in [3.05, 3.63) is 29.3 Å². The van der Waals surface area contributed by atoms with Gasteiger partial charge in [0.1, 0.15) is 5.75 Å². The molecular weight excluding hydrogens is 288 g/mol. The number of β-amino-alcohol motifs (C(OH)–C–C–N with tert-alkyl or cyclic N) is 1. The summed E-state index contributed by atoms with van der Waals surface area (Å²) in [5, 5.41) is 9.09. The van der Waals surface area contributed by atoms with E-state index >= 15 is 0 Å². The summed E-state index contributed by atoms with van der Waals surface area (Å²) < 4.78 is 5.61. The highest BCUT2D eigenvalue weighted by Crippen LogP contribution is 2.40. The van der Waals surface area contributed by atoms with Gasteiger partial charge in [-0.05, 0) is 30.5 Å². The Labute approximate surface area is 140 Å². The third kappa shape index (κ3) is 3.54. The molecule has 2 fully saturated rings. The van der Waals surface area contributed by atoms with Gasteiger partial charge in [-0.15, -0.1) is 0 Å². The fraction of sp³-hybridized carbons (Fsp3) is 0.684. The van der Waals surface area contributed by atoms with Crippen LogP contribution < -0.4 is 4.74 Å². The van der Waals surface area contributed by atoms with Gasteiger partial charge in [0.05, 0.1) is 13.7 Å². The number of rotatable bonds is 6. The van der Waals surface area contributed by atoms with Crippen LogP contribution in [-0.2, 0) is 6.54 Å². The molecular formula is C19H30N2O2. The summed E-state index contributed by atoms with van der Waals surface area (Å²) >= 11 is 0. The summed E-state index contributed by atoms with van der Waals surface area (Å²) in [4.78, 5) is 4.92. The quantitative estimate of drug-likeness (QED) is 0.873. The molecule has 4 nitrogen and oxygen atoms in total. The third-order valence-corrected chi connectivity index (χ3v) is 5.42. The third-order valence-electron chi connectivity index (χ3n) is 5.42. The van der Waals surface area contributed by atoms with E-state index in [1.165, 1.54) is 30.6 Å². The van der Waals surface area contributed by atoms with Gasteiger partial charge >= 0.3 is 0 Å². The van der Waals surface area contributed by atoms with Gasteiger partial charge in [-0.3, -0.25) is 4.90 Å². The average molecular weight is 318 g/mol. The molecule has 2 heterocycles. The van der Waals surface area contributed by atoms with Crippen LogP contribution in [0.3, 0.4) is 0 Å². The molecule has 0 aromatic heterocycles. The van der Waals surface area contributed by atoms with E-state index in [4.69, 9.17) is 9.84 Å². The Kier molecular flexibility index (Phi) is 4.95. The molecule has 0 bridgehead atoms. The van der Waals surface area contributed by atoms with Crippen LogP contribution in [-0.4, -0.2) is 61.3 Å². The molecule has 23 heavy (non-hydrogen) atoms. The van der Waals surface area contributed by atoms with Crippen LogP contribution in [0.15, 0.2) is 18.2 Å². The van der Waals surface area contributed by atoms with Crippen molar-refractivity contribution >= 4 is 0 Å². The lowest BCUT2D eigenvalue weighted by molar-refractivity contribution is 0.000837. The maximum atomic E-state index is 9.09. The van der Waals surface area contributed by atoms with E-state index in [1.54, 1.807) is 7.11 Å². The second kappa shape index (κ2) is 6.80. The fourth-order valence-corrected chi connectivity index (χ4v) is 4.12. The number of hydrogen-bond acceptors (Lipinski definition) is 4. The van der Waals surface area contributed by atoms with Gasteiger partial charge < -0.3 is 14.7 Å². The van der Waals surface area contributed by atoms with Gasteiger partial charge in [-0.1, -0.05) is 26.0 Å². The molecule has 1 aromatic rings. The summed E-state index contributed by atoms with van der Waals surface area (Å²) in [5.41, 5.74) is 3.10. The van der Waals surface area contributed by atoms with Crippen LogP contribution in [0.5, 0.6) is 5.75 Å². The highest BCUT2D eigenvalue weighted by atomic mass is 16.5. The molecule has 2 aliphatic heterocycles. The normalized spacial score (nSPS) is 21.1. The number of nitrogens with zero attached hydrogens (tertiary/aromatic N) is 2. The topological polar surface area (TPSA) is 35.9 Å². The molecule has 2 aliphatic rings. The van der Waals surface area contributed by atoms with E-state index in [0.717, 1.165) is 31.9 Å². The summed E-state index contributed by atoms with van der Waals surface area (Å²) in [6.07, 6.45) is 1.27. The summed E-state index contributed by atoms with van der Waals surface area (Å²) in [6.45, 7) is 11.1.